The van der Waals surface area contributed by atoms with E-state index in [-0.39, 0.29) is 22.9 Å². The Morgan fingerprint density at radius 1 is 1.39 bits per heavy atom. The number of hydrogen-bond acceptors (Lipinski definition) is 4. The molecule has 0 aliphatic carbocycles. The van der Waals surface area contributed by atoms with E-state index < -0.39 is 11.7 Å². The third-order valence-electron chi connectivity index (χ3n) is 3.76. The second-order valence-electron chi connectivity index (χ2n) is 5.30. The number of halogens is 4. The first-order valence-corrected chi connectivity index (χ1v) is 7.40. The Bertz CT molecular complexity index is 663. The van der Waals surface area contributed by atoms with Gasteiger partial charge in [0.1, 0.15) is 5.82 Å². The summed E-state index contributed by atoms with van der Waals surface area (Å²) in [7, 11) is 0. The lowest BCUT2D eigenvalue weighted by atomic mass is 9.97. The van der Waals surface area contributed by atoms with Crippen LogP contribution in [0.2, 0.25) is 5.02 Å². The second-order valence-corrected chi connectivity index (χ2v) is 5.71. The van der Waals surface area contributed by atoms with Gasteiger partial charge < -0.3 is 10.1 Å². The molecule has 5 nitrogen and oxygen atoms in total. The lowest BCUT2D eigenvalue weighted by molar-refractivity contribution is -0.137. The van der Waals surface area contributed by atoms with Crippen LogP contribution in [-0.4, -0.2) is 28.3 Å². The predicted octanol–water partition coefficient (Wildman–Crippen LogP) is 3.67. The first kappa shape index (κ1) is 16.1. The maximum Gasteiger partial charge on any atom is 0.417 e. The lowest BCUT2D eigenvalue weighted by Crippen LogP contribution is -2.18. The van der Waals surface area contributed by atoms with Gasteiger partial charge in [0.2, 0.25) is 0 Å². The summed E-state index contributed by atoms with van der Waals surface area (Å²) in [5.41, 5.74) is 0.0781. The normalized spacial score (nSPS) is 21.6. The van der Waals surface area contributed by atoms with Crippen LogP contribution in [0.5, 0.6) is 0 Å². The Hall–Kier alpha value is -1.80. The molecule has 124 valence electrons. The summed E-state index contributed by atoms with van der Waals surface area (Å²) in [6.07, 6.45) is 0.516. The van der Waals surface area contributed by atoms with Gasteiger partial charge in [-0.25, -0.2) is 4.98 Å². The van der Waals surface area contributed by atoms with Crippen molar-refractivity contribution in [2.24, 2.45) is 5.92 Å². The maximum atomic E-state index is 12.6. The summed E-state index contributed by atoms with van der Waals surface area (Å²) in [4.78, 5) is 3.77. The van der Waals surface area contributed by atoms with Crippen molar-refractivity contribution in [2.45, 2.75) is 18.7 Å². The Morgan fingerprint density at radius 2 is 2.22 bits per heavy atom. The number of aromatic amines is 1. The summed E-state index contributed by atoms with van der Waals surface area (Å²) in [5, 5.41) is 9.59. The van der Waals surface area contributed by atoms with Crippen molar-refractivity contribution >= 4 is 17.4 Å². The van der Waals surface area contributed by atoms with Crippen molar-refractivity contribution in [3.63, 3.8) is 0 Å². The molecule has 1 aliphatic rings. The Balaban J connectivity index is 1.66. The molecule has 0 unspecified atom stereocenters. The summed E-state index contributed by atoms with van der Waals surface area (Å²) < 4.78 is 43.5. The number of alkyl halides is 3. The fourth-order valence-corrected chi connectivity index (χ4v) is 2.81. The maximum absolute atomic E-state index is 12.6. The van der Waals surface area contributed by atoms with E-state index in [4.69, 9.17) is 16.3 Å². The molecule has 2 aromatic heterocycles. The molecule has 2 N–H and O–H groups in total. The monoisotopic (exact) mass is 346 g/mol. The average Bonchev–Trinajstić information content (AvgIpc) is 3.15. The van der Waals surface area contributed by atoms with E-state index in [1.54, 1.807) is 12.4 Å². The van der Waals surface area contributed by atoms with Gasteiger partial charge in [-0.3, -0.25) is 5.10 Å². The van der Waals surface area contributed by atoms with Crippen molar-refractivity contribution < 1.29 is 17.9 Å². The largest absolute Gasteiger partial charge is 0.417 e. The quantitative estimate of drug-likeness (QED) is 0.886. The highest BCUT2D eigenvalue weighted by molar-refractivity contribution is 6.32. The fourth-order valence-electron chi connectivity index (χ4n) is 2.58. The molecule has 0 amide bonds. The number of nitrogens with zero attached hydrogens (tertiary/aromatic N) is 2. The van der Waals surface area contributed by atoms with Crippen LogP contribution in [0, 0.1) is 5.92 Å². The minimum Gasteiger partial charge on any atom is -0.373 e. The van der Waals surface area contributed by atoms with E-state index in [0.717, 1.165) is 24.2 Å². The number of aromatic nitrogens is 3. The predicted molar refractivity (Wildman–Crippen MR) is 78.1 cm³/mol. The summed E-state index contributed by atoms with van der Waals surface area (Å²) >= 11 is 5.89. The van der Waals surface area contributed by atoms with Crippen molar-refractivity contribution in [1.82, 2.24) is 15.2 Å². The topological polar surface area (TPSA) is 62.8 Å². The SMILES string of the molecule is FC(F)(F)c1cnc(NC[C@H]2CCO[C@@H]2c2cn[nH]c2)c(Cl)c1. The van der Waals surface area contributed by atoms with Crippen molar-refractivity contribution in [1.29, 1.82) is 0 Å². The number of hydrogen-bond donors (Lipinski definition) is 2. The zero-order chi connectivity index (χ0) is 16.4. The smallest absolute Gasteiger partial charge is 0.373 e. The standard InChI is InChI=1S/C14H14ClF3N4O/c15-11-3-10(14(16,17)18)7-20-13(11)19-4-8-1-2-23-12(8)9-5-21-22-6-9/h3,5-8,12H,1-2,4H2,(H,19,20)(H,21,22)/t8-,12+/m1/s1. The van der Waals surface area contributed by atoms with Gasteiger partial charge >= 0.3 is 6.18 Å². The van der Waals surface area contributed by atoms with Crippen LogP contribution in [0.4, 0.5) is 19.0 Å². The lowest BCUT2D eigenvalue weighted by Gasteiger charge is -2.18. The Labute approximate surface area is 135 Å². The highest BCUT2D eigenvalue weighted by Crippen LogP contribution is 2.35. The van der Waals surface area contributed by atoms with Gasteiger partial charge in [0, 0.05) is 37.0 Å². The molecule has 0 spiro atoms. The average molecular weight is 347 g/mol. The van der Waals surface area contributed by atoms with E-state index in [9.17, 15) is 13.2 Å². The molecule has 23 heavy (non-hydrogen) atoms. The molecular formula is C14H14ClF3N4O. The van der Waals surface area contributed by atoms with Crippen LogP contribution in [0.3, 0.4) is 0 Å². The second kappa shape index (κ2) is 6.37. The molecule has 3 rings (SSSR count). The van der Waals surface area contributed by atoms with E-state index >= 15 is 0 Å². The molecule has 0 aromatic carbocycles. The minimum absolute atomic E-state index is 0.0569. The fraction of sp³-hybridized carbons (Fsp3) is 0.429. The van der Waals surface area contributed by atoms with E-state index in [0.29, 0.717) is 13.2 Å². The molecule has 0 radical (unpaired) electrons. The van der Waals surface area contributed by atoms with Gasteiger partial charge in [0.25, 0.3) is 0 Å². The summed E-state index contributed by atoms with van der Waals surface area (Å²) in [5.74, 6) is 0.394. The number of nitrogens with one attached hydrogen (secondary N) is 2. The van der Waals surface area contributed by atoms with Gasteiger partial charge in [-0.2, -0.15) is 18.3 Å². The molecule has 2 atom stereocenters. The van der Waals surface area contributed by atoms with Crippen LogP contribution in [0.1, 0.15) is 23.7 Å². The number of H-pyrrole nitrogens is 1. The molecule has 2 aromatic rings. The zero-order valence-electron chi connectivity index (χ0n) is 11.9. The van der Waals surface area contributed by atoms with E-state index in [1.165, 1.54) is 0 Å². The van der Waals surface area contributed by atoms with Crippen LogP contribution in [-0.2, 0) is 10.9 Å². The highest BCUT2D eigenvalue weighted by atomic mass is 35.5. The molecule has 0 saturated carbocycles. The molecule has 0 bridgehead atoms. The van der Waals surface area contributed by atoms with Crippen LogP contribution < -0.4 is 5.32 Å². The molecule has 9 heteroatoms. The summed E-state index contributed by atoms with van der Waals surface area (Å²) in [6.45, 7) is 1.12. The highest BCUT2D eigenvalue weighted by Gasteiger charge is 2.32. The van der Waals surface area contributed by atoms with Gasteiger partial charge in [0.15, 0.2) is 0 Å². The number of pyridine rings is 1. The third-order valence-corrected chi connectivity index (χ3v) is 4.05. The van der Waals surface area contributed by atoms with Crippen LogP contribution in [0.25, 0.3) is 0 Å². The Morgan fingerprint density at radius 3 is 2.87 bits per heavy atom. The summed E-state index contributed by atoms with van der Waals surface area (Å²) in [6, 6.07) is 0.871. The Kier molecular flexibility index (Phi) is 4.45. The molecule has 1 fully saturated rings. The molecule has 1 aliphatic heterocycles. The third kappa shape index (κ3) is 3.59. The van der Waals surface area contributed by atoms with E-state index in [1.807, 2.05) is 0 Å². The van der Waals surface area contributed by atoms with Crippen molar-refractivity contribution in [3.05, 3.63) is 40.8 Å². The van der Waals surface area contributed by atoms with Crippen LogP contribution in [0.15, 0.2) is 24.7 Å². The van der Waals surface area contributed by atoms with Gasteiger partial charge in [-0.15, -0.1) is 0 Å². The number of anilines is 1. The van der Waals surface area contributed by atoms with Crippen molar-refractivity contribution in [2.75, 3.05) is 18.5 Å². The molecule has 3 heterocycles. The van der Waals surface area contributed by atoms with Gasteiger partial charge in [-0.1, -0.05) is 11.6 Å². The van der Waals surface area contributed by atoms with E-state index in [2.05, 4.69) is 20.5 Å². The zero-order valence-corrected chi connectivity index (χ0v) is 12.7. The van der Waals surface area contributed by atoms with Crippen LogP contribution >= 0.6 is 11.6 Å². The number of rotatable bonds is 4. The first-order chi connectivity index (χ1) is 10.9. The van der Waals surface area contributed by atoms with Gasteiger partial charge in [0.05, 0.1) is 22.9 Å². The first-order valence-electron chi connectivity index (χ1n) is 7.02. The minimum atomic E-state index is -4.46. The van der Waals surface area contributed by atoms with Crippen molar-refractivity contribution in [3.8, 4) is 0 Å². The molecular weight excluding hydrogens is 333 g/mol. The van der Waals surface area contributed by atoms with Gasteiger partial charge in [-0.05, 0) is 12.5 Å². The molecule has 1 saturated heterocycles. The number of ether oxygens (including phenoxy) is 1.